The molecule has 5 heteroatoms. The fraction of sp³-hybridized carbons (Fsp3) is 0.250. The number of carbonyl (C=O) groups is 1. The molecule has 2 rings (SSSR count). The average Bonchev–Trinajstić information content (AvgIpc) is 2.28. The van der Waals surface area contributed by atoms with Gasteiger partial charge in [0.15, 0.2) is 5.78 Å². The summed E-state index contributed by atoms with van der Waals surface area (Å²) in [4.78, 5) is 11.1. The summed E-state index contributed by atoms with van der Waals surface area (Å²) in [5.41, 5.74) is -0.144. The van der Waals surface area contributed by atoms with Gasteiger partial charge in [-0.05, 0) is 17.7 Å². The quantitative estimate of drug-likeness (QED) is 0.755. The minimum atomic E-state index is -4.35. The molecule has 0 N–H and O–H groups in total. The van der Waals surface area contributed by atoms with Gasteiger partial charge in [0.1, 0.15) is 6.10 Å². The van der Waals surface area contributed by atoms with E-state index in [1.54, 1.807) is 0 Å². The molecule has 0 radical (unpaired) electrons. The van der Waals surface area contributed by atoms with Gasteiger partial charge in [0, 0.05) is 6.08 Å². The van der Waals surface area contributed by atoms with Crippen molar-refractivity contribution in [3.8, 4) is 0 Å². The van der Waals surface area contributed by atoms with Crippen LogP contribution in [0.4, 0.5) is 13.2 Å². The highest BCUT2D eigenvalue weighted by Crippen LogP contribution is 2.31. The first-order valence-electron chi connectivity index (χ1n) is 4.99. The van der Waals surface area contributed by atoms with Crippen LogP contribution in [0.3, 0.4) is 0 Å². The van der Waals surface area contributed by atoms with Crippen LogP contribution in [0.1, 0.15) is 23.7 Å². The molecule has 2 nitrogen and oxygen atoms in total. The summed E-state index contributed by atoms with van der Waals surface area (Å²) in [7, 11) is 0. The van der Waals surface area contributed by atoms with Crippen molar-refractivity contribution in [1.29, 1.82) is 0 Å². The number of ether oxygens (including phenoxy) is 1. The van der Waals surface area contributed by atoms with Gasteiger partial charge in [-0.3, -0.25) is 4.79 Å². The maximum atomic E-state index is 12.3. The van der Waals surface area contributed by atoms with Crippen molar-refractivity contribution in [2.24, 2.45) is 0 Å². The van der Waals surface area contributed by atoms with E-state index in [-0.39, 0.29) is 12.2 Å². The van der Waals surface area contributed by atoms with Gasteiger partial charge in [0.2, 0.25) is 0 Å². The minimum absolute atomic E-state index is 0.0962. The highest BCUT2D eigenvalue weighted by Gasteiger charge is 2.30. The molecule has 0 amide bonds. The first kappa shape index (κ1) is 11.7. The summed E-state index contributed by atoms with van der Waals surface area (Å²) < 4.78 is 42.2. The Morgan fingerprint density at radius 1 is 1.18 bits per heavy atom. The molecule has 0 fully saturated rings. The van der Waals surface area contributed by atoms with E-state index >= 15 is 0 Å². The van der Waals surface area contributed by atoms with Crippen molar-refractivity contribution in [2.75, 3.05) is 0 Å². The molecule has 1 unspecified atom stereocenters. The van der Waals surface area contributed by atoms with Crippen molar-refractivity contribution in [3.05, 3.63) is 47.7 Å². The van der Waals surface area contributed by atoms with Crippen LogP contribution in [0.5, 0.6) is 0 Å². The number of carbonyl (C=O) groups excluding carboxylic acids is 1. The first-order chi connectivity index (χ1) is 7.97. The number of alkyl halides is 3. The van der Waals surface area contributed by atoms with E-state index < -0.39 is 17.8 Å². The lowest BCUT2D eigenvalue weighted by Gasteiger charge is -2.19. The molecule has 1 aliphatic rings. The van der Waals surface area contributed by atoms with Gasteiger partial charge >= 0.3 is 6.18 Å². The number of benzene rings is 1. The minimum Gasteiger partial charge on any atom is -0.493 e. The van der Waals surface area contributed by atoms with Crippen molar-refractivity contribution < 1.29 is 22.7 Å². The zero-order valence-electron chi connectivity index (χ0n) is 8.70. The fourth-order valence-electron chi connectivity index (χ4n) is 1.59. The van der Waals surface area contributed by atoms with Gasteiger partial charge in [0.25, 0.3) is 0 Å². The molecule has 0 saturated carbocycles. The van der Waals surface area contributed by atoms with Crippen LogP contribution in [0.2, 0.25) is 0 Å². The number of rotatable bonds is 1. The van der Waals surface area contributed by atoms with Crippen molar-refractivity contribution in [3.63, 3.8) is 0 Å². The monoisotopic (exact) mass is 242 g/mol. The number of hydrogen-bond donors (Lipinski definition) is 0. The lowest BCUT2D eigenvalue weighted by Crippen LogP contribution is -2.12. The van der Waals surface area contributed by atoms with Gasteiger partial charge in [-0.2, -0.15) is 13.2 Å². The Kier molecular flexibility index (Phi) is 2.92. The molecular formula is C12H9F3O2. The summed E-state index contributed by atoms with van der Waals surface area (Å²) in [6.07, 6.45) is -2.10. The number of ketones is 1. The van der Waals surface area contributed by atoms with E-state index in [4.69, 9.17) is 4.74 Å². The normalized spacial score (nSPS) is 20.2. The maximum absolute atomic E-state index is 12.3. The second-order valence-electron chi connectivity index (χ2n) is 3.72. The summed E-state index contributed by atoms with van der Waals surface area (Å²) in [5.74, 6) is -0.0962. The molecule has 1 atom stereocenters. The molecule has 1 aromatic carbocycles. The van der Waals surface area contributed by atoms with Crippen LogP contribution >= 0.6 is 0 Å². The lowest BCUT2D eigenvalue weighted by molar-refractivity contribution is -0.137. The molecule has 0 aliphatic carbocycles. The predicted octanol–water partition coefficient (Wildman–Crippen LogP) is 3.25. The first-order valence-corrected chi connectivity index (χ1v) is 4.99. The number of hydrogen-bond acceptors (Lipinski definition) is 2. The third kappa shape index (κ3) is 2.67. The molecule has 1 aromatic rings. The predicted molar refractivity (Wildman–Crippen MR) is 54.0 cm³/mol. The average molecular weight is 242 g/mol. The lowest BCUT2D eigenvalue weighted by atomic mass is 10.0. The fourth-order valence-corrected chi connectivity index (χ4v) is 1.59. The Balaban J connectivity index is 2.18. The third-order valence-electron chi connectivity index (χ3n) is 2.49. The van der Waals surface area contributed by atoms with E-state index in [9.17, 15) is 18.0 Å². The highest BCUT2D eigenvalue weighted by atomic mass is 19.4. The largest absolute Gasteiger partial charge is 0.493 e. The molecule has 0 spiro atoms. The Bertz CT molecular complexity index is 446. The van der Waals surface area contributed by atoms with E-state index in [2.05, 4.69) is 0 Å². The highest BCUT2D eigenvalue weighted by molar-refractivity contribution is 5.90. The third-order valence-corrected chi connectivity index (χ3v) is 2.49. The second kappa shape index (κ2) is 4.24. The summed E-state index contributed by atoms with van der Waals surface area (Å²) in [6, 6.07) is 4.64. The Morgan fingerprint density at radius 3 is 2.35 bits per heavy atom. The van der Waals surface area contributed by atoms with Gasteiger partial charge in [0.05, 0.1) is 18.2 Å². The van der Waals surface area contributed by atoms with E-state index in [1.807, 2.05) is 0 Å². The maximum Gasteiger partial charge on any atom is 0.416 e. The summed E-state index contributed by atoms with van der Waals surface area (Å²) in [6.45, 7) is 0. The second-order valence-corrected chi connectivity index (χ2v) is 3.72. The van der Waals surface area contributed by atoms with Crippen molar-refractivity contribution >= 4 is 5.78 Å². The number of halogens is 3. The summed E-state index contributed by atoms with van der Waals surface area (Å²) in [5, 5.41) is 0. The Labute approximate surface area is 95.7 Å². The van der Waals surface area contributed by atoms with Gasteiger partial charge < -0.3 is 4.74 Å². The van der Waals surface area contributed by atoms with Crippen LogP contribution < -0.4 is 0 Å². The Morgan fingerprint density at radius 2 is 1.82 bits per heavy atom. The molecule has 1 heterocycles. The molecular weight excluding hydrogens is 233 g/mol. The standard InChI is InChI=1S/C12H9F3O2/c13-12(14,15)9-3-1-8(2-4-9)11-7-10(16)5-6-17-11/h1-6,11H,7H2. The van der Waals surface area contributed by atoms with Crippen LogP contribution in [-0.4, -0.2) is 5.78 Å². The molecule has 0 bridgehead atoms. The van der Waals surface area contributed by atoms with Crippen molar-refractivity contribution in [1.82, 2.24) is 0 Å². The number of allylic oxidation sites excluding steroid dienone is 1. The Hall–Kier alpha value is -1.78. The van der Waals surface area contributed by atoms with E-state index in [0.717, 1.165) is 12.1 Å². The van der Waals surface area contributed by atoms with Gasteiger partial charge in [-0.1, -0.05) is 12.1 Å². The van der Waals surface area contributed by atoms with E-state index in [0.29, 0.717) is 5.56 Å². The zero-order chi connectivity index (χ0) is 12.5. The van der Waals surface area contributed by atoms with Crippen LogP contribution in [-0.2, 0) is 15.7 Å². The summed E-state index contributed by atoms with van der Waals surface area (Å²) >= 11 is 0. The topological polar surface area (TPSA) is 26.3 Å². The molecule has 1 aliphatic heterocycles. The molecule has 90 valence electrons. The van der Waals surface area contributed by atoms with Gasteiger partial charge in [-0.15, -0.1) is 0 Å². The van der Waals surface area contributed by atoms with Gasteiger partial charge in [-0.25, -0.2) is 0 Å². The van der Waals surface area contributed by atoms with Crippen molar-refractivity contribution in [2.45, 2.75) is 18.7 Å². The SMILES string of the molecule is O=C1C=COC(c2ccc(C(F)(F)F)cc2)C1. The zero-order valence-corrected chi connectivity index (χ0v) is 8.70. The molecule has 0 aromatic heterocycles. The molecule has 0 saturated heterocycles. The van der Waals surface area contributed by atoms with E-state index in [1.165, 1.54) is 24.5 Å². The van der Waals surface area contributed by atoms with Crippen LogP contribution in [0.15, 0.2) is 36.6 Å². The smallest absolute Gasteiger partial charge is 0.416 e. The van der Waals surface area contributed by atoms with Crippen LogP contribution in [0, 0.1) is 0 Å². The molecule has 17 heavy (non-hydrogen) atoms. The van der Waals surface area contributed by atoms with Crippen LogP contribution in [0.25, 0.3) is 0 Å².